The fourth-order valence-electron chi connectivity index (χ4n) is 1.29. The van der Waals surface area contributed by atoms with Gasteiger partial charge in [0.25, 0.3) is 5.89 Å². The smallest absolute Gasteiger partial charge is 0.328 e. The lowest BCUT2D eigenvalue weighted by Crippen LogP contribution is -2.10. The first kappa shape index (κ1) is 8.93. The van der Waals surface area contributed by atoms with Gasteiger partial charge in [-0.15, -0.1) is 0 Å². The van der Waals surface area contributed by atoms with Crippen LogP contribution in [0, 0.1) is 0 Å². The maximum absolute atomic E-state index is 10.2. The van der Waals surface area contributed by atoms with Crippen molar-refractivity contribution in [2.45, 2.75) is 25.2 Å². The normalized spacial score (nSPS) is 17.1. The van der Waals surface area contributed by atoms with Gasteiger partial charge >= 0.3 is 5.97 Å². The minimum absolute atomic E-state index is 0.259. The molecule has 1 N–H and O–H groups in total. The van der Waals surface area contributed by atoms with Crippen LogP contribution in [0.15, 0.2) is 10.6 Å². The second-order valence-corrected chi connectivity index (χ2v) is 3.29. The molecule has 0 atom stereocenters. The first-order valence-electron chi connectivity index (χ1n) is 4.50. The Hall–Kier alpha value is -1.65. The highest BCUT2D eigenvalue weighted by Crippen LogP contribution is 2.34. The lowest BCUT2D eigenvalue weighted by molar-refractivity contribution is -0.131. The number of aromatic nitrogens is 2. The van der Waals surface area contributed by atoms with Crippen LogP contribution in [0.5, 0.6) is 0 Å². The fraction of sp³-hybridized carbons (Fsp3) is 0.444. The summed E-state index contributed by atoms with van der Waals surface area (Å²) in [6.07, 6.45) is 5.69. The van der Waals surface area contributed by atoms with Crippen LogP contribution in [0.2, 0.25) is 0 Å². The molecule has 0 aromatic carbocycles. The Kier molecular flexibility index (Phi) is 2.30. The van der Waals surface area contributed by atoms with E-state index in [1.165, 1.54) is 12.5 Å². The lowest BCUT2D eigenvalue weighted by atomic mass is 9.85. The monoisotopic (exact) mass is 194 g/mol. The number of aliphatic carboxylic acids is 1. The van der Waals surface area contributed by atoms with Crippen molar-refractivity contribution in [2.75, 3.05) is 0 Å². The molecule has 0 aliphatic heterocycles. The summed E-state index contributed by atoms with van der Waals surface area (Å²) in [5, 5.41) is 12.2. The van der Waals surface area contributed by atoms with Gasteiger partial charge in [-0.25, -0.2) is 4.79 Å². The third-order valence-electron chi connectivity index (χ3n) is 2.30. The molecule has 5 heteroatoms. The molecule has 1 aliphatic carbocycles. The fourth-order valence-corrected chi connectivity index (χ4v) is 1.29. The molecule has 0 saturated heterocycles. The van der Waals surface area contributed by atoms with Crippen molar-refractivity contribution in [1.82, 2.24) is 10.1 Å². The van der Waals surface area contributed by atoms with Gasteiger partial charge in [0.1, 0.15) is 0 Å². The second-order valence-electron chi connectivity index (χ2n) is 3.29. The van der Waals surface area contributed by atoms with Crippen molar-refractivity contribution in [3.8, 4) is 0 Å². The van der Waals surface area contributed by atoms with Gasteiger partial charge in [0, 0.05) is 18.1 Å². The lowest BCUT2D eigenvalue weighted by Gasteiger charge is -2.20. The van der Waals surface area contributed by atoms with E-state index in [0.717, 1.165) is 18.9 Å². The molecule has 0 bridgehead atoms. The van der Waals surface area contributed by atoms with E-state index in [2.05, 4.69) is 10.1 Å². The van der Waals surface area contributed by atoms with Crippen LogP contribution in [0.25, 0.3) is 6.08 Å². The Labute approximate surface area is 80.4 Å². The standard InChI is InChI=1S/C9H10N2O3/c12-8(13)5-4-7-10-9(11-14-7)6-2-1-3-6/h4-6H,1-3H2,(H,12,13). The third kappa shape index (κ3) is 1.81. The number of hydrogen-bond donors (Lipinski definition) is 1. The van der Waals surface area contributed by atoms with Crippen molar-refractivity contribution in [1.29, 1.82) is 0 Å². The van der Waals surface area contributed by atoms with Gasteiger partial charge < -0.3 is 9.63 Å². The predicted octanol–water partition coefficient (Wildman–Crippen LogP) is 1.43. The number of nitrogens with zero attached hydrogens (tertiary/aromatic N) is 2. The predicted molar refractivity (Wildman–Crippen MR) is 47.6 cm³/mol. The Morgan fingerprint density at radius 1 is 1.57 bits per heavy atom. The Morgan fingerprint density at radius 2 is 2.36 bits per heavy atom. The van der Waals surface area contributed by atoms with Crippen LogP contribution in [-0.4, -0.2) is 21.2 Å². The molecule has 14 heavy (non-hydrogen) atoms. The zero-order valence-corrected chi connectivity index (χ0v) is 7.51. The molecule has 1 fully saturated rings. The molecule has 0 unspecified atom stereocenters. The summed E-state index contributed by atoms with van der Waals surface area (Å²) in [5.74, 6) is 0.342. The van der Waals surface area contributed by atoms with Gasteiger partial charge in [0.15, 0.2) is 5.82 Å². The minimum atomic E-state index is -1.02. The number of rotatable bonds is 3. The van der Waals surface area contributed by atoms with E-state index in [4.69, 9.17) is 9.63 Å². The van der Waals surface area contributed by atoms with Crippen molar-refractivity contribution < 1.29 is 14.4 Å². The summed E-state index contributed by atoms with van der Waals surface area (Å²) < 4.78 is 4.86. The zero-order chi connectivity index (χ0) is 9.97. The first-order chi connectivity index (χ1) is 6.75. The van der Waals surface area contributed by atoms with Crippen molar-refractivity contribution in [3.05, 3.63) is 17.8 Å². The average molecular weight is 194 g/mol. The maximum atomic E-state index is 10.2. The van der Waals surface area contributed by atoms with Crippen LogP contribution in [-0.2, 0) is 4.79 Å². The molecule has 5 nitrogen and oxygen atoms in total. The van der Waals surface area contributed by atoms with E-state index in [9.17, 15) is 4.79 Å². The highest BCUT2D eigenvalue weighted by molar-refractivity contribution is 5.84. The van der Waals surface area contributed by atoms with Gasteiger partial charge in [-0.3, -0.25) is 0 Å². The largest absolute Gasteiger partial charge is 0.478 e. The first-order valence-corrected chi connectivity index (χ1v) is 4.50. The summed E-state index contributed by atoms with van der Waals surface area (Å²) >= 11 is 0. The number of carboxylic acids is 1. The molecular weight excluding hydrogens is 184 g/mol. The molecule has 1 saturated carbocycles. The third-order valence-corrected chi connectivity index (χ3v) is 2.30. The summed E-state index contributed by atoms with van der Waals surface area (Å²) in [6, 6.07) is 0. The molecule has 0 radical (unpaired) electrons. The molecule has 0 amide bonds. The molecule has 74 valence electrons. The van der Waals surface area contributed by atoms with E-state index < -0.39 is 5.97 Å². The molecule has 1 aromatic heterocycles. The average Bonchev–Trinajstić information content (AvgIpc) is 2.46. The summed E-state index contributed by atoms with van der Waals surface area (Å²) in [4.78, 5) is 14.3. The zero-order valence-electron chi connectivity index (χ0n) is 7.51. The SMILES string of the molecule is O=C(O)C=Cc1nc(C2CCC2)no1. The van der Waals surface area contributed by atoms with Gasteiger partial charge in [-0.1, -0.05) is 11.6 Å². The highest BCUT2D eigenvalue weighted by atomic mass is 16.5. The van der Waals surface area contributed by atoms with Crippen LogP contribution in [0.4, 0.5) is 0 Å². The van der Waals surface area contributed by atoms with Crippen molar-refractivity contribution in [2.24, 2.45) is 0 Å². The summed E-state index contributed by atoms with van der Waals surface area (Å²) in [7, 11) is 0. The number of carboxylic acid groups (broad SMARTS) is 1. The van der Waals surface area contributed by atoms with Crippen LogP contribution in [0.3, 0.4) is 0 Å². The van der Waals surface area contributed by atoms with Gasteiger partial charge in [-0.05, 0) is 12.8 Å². The highest BCUT2D eigenvalue weighted by Gasteiger charge is 2.24. The van der Waals surface area contributed by atoms with Gasteiger partial charge in [0.2, 0.25) is 0 Å². The Morgan fingerprint density at radius 3 is 2.93 bits per heavy atom. The second kappa shape index (κ2) is 3.61. The summed E-state index contributed by atoms with van der Waals surface area (Å²) in [5.41, 5.74) is 0. The Balaban J connectivity index is 2.05. The van der Waals surface area contributed by atoms with Crippen LogP contribution in [0.1, 0.15) is 36.9 Å². The maximum Gasteiger partial charge on any atom is 0.328 e. The van der Waals surface area contributed by atoms with E-state index in [1.54, 1.807) is 0 Å². The molecule has 1 heterocycles. The molecule has 0 spiro atoms. The quantitative estimate of drug-likeness (QED) is 0.736. The van der Waals surface area contributed by atoms with Crippen molar-refractivity contribution >= 4 is 12.0 Å². The Bertz CT molecular complexity index is 366. The molecular formula is C9H10N2O3. The van der Waals surface area contributed by atoms with E-state index in [1.807, 2.05) is 0 Å². The van der Waals surface area contributed by atoms with Gasteiger partial charge in [-0.2, -0.15) is 4.98 Å². The molecule has 2 rings (SSSR count). The van der Waals surface area contributed by atoms with Crippen LogP contribution >= 0.6 is 0 Å². The van der Waals surface area contributed by atoms with Crippen LogP contribution < -0.4 is 0 Å². The van der Waals surface area contributed by atoms with E-state index in [0.29, 0.717) is 11.7 Å². The molecule has 1 aromatic rings. The van der Waals surface area contributed by atoms with E-state index in [-0.39, 0.29) is 5.89 Å². The molecule has 1 aliphatic rings. The van der Waals surface area contributed by atoms with Crippen molar-refractivity contribution in [3.63, 3.8) is 0 Å². The minimum Gasteiger partial charge on any atom is -0.478 e. The summed E-state index contributed by atoms with van der Waals surface area (Å²) in [6.45, 7) is 0. The van der Waals surface area contributed by atoms with E-state index >= 15 is 0 Å². The topological polar surface area (TPSA) is 76.2 Å². The van der Waals surface area contributed by atoms with Gasteiger partial charge in [0.05, 0.1) is 0 Å². The number of hydrogen-bond acceptors (Lipinski definition) is 4. The number of carbonyl (C=O) groups is 1.